The summed E-state index contributed by atoms with van der Waals surface area (Å²) in [5, 5.41) is 9.90. The molecule has 0 radical (unpaired) electrons. The highest BCUT2D eigenvalue weighted by Crippen LogP contribution is 2.28. The van der Waals surface area contributed by atoms with Crippen LogP contribution in [0.15, 0.2) is 55.1 Å². The van der Waals surface area contributed by atoms with Crippen LogP contribution < -0.4 is 9.47 Å². The molecule has 0 aliphatic heterocycles. The molecule has 0 heterocycles. The summed E-state index contributed by atoms with van der Waals surface area (Å²) >= 11 is 0. The second kappa shape index (κ2) is 16.5. The molecule has 0 aromatic heterocycles. The number of unbranched alkanes of at least 4 members (excludes halogenated alkanes) is 1. The number of aryl methyl sites for hydroxylation is 4. The minimum Gasteiger partial charge on any atom is -0.507 e. The van der Waals surface area contributed by atoms with E-state index in [0.717, 1.165) is 17.9 Å². The maximum atomic E-state index is 12.6. The fourth-order valence-corrected chi connectivity index (χ4v) is 3.93. The Morgan fingerprint density at radius 3 is 1.93 bits per heavy atom. The van der Waals surface area contributed by atoms with Crippen molar-refractivity contribution in [3.05, 3.63) is 99.6 Å². The van der Waals surface area contributed by atoms with Gasteiger partial charge in [-0.25, -0.2) is 14.4 Å². The first-order valence-electron chi connectivity index (χ1n) is 13.6. The van der Waals surface area contributed by atoms with Gasteiger partial charge in [0.05, 0.1) is 25.9 Å². The van der Waals surface area contributed by atoms with Crippen LogP contribution in [0.5, 0.6) is 17.2 Å². The summed E-state index contributed by atoms with van der Waals surface area (Å²) in [7, 11) is 1.45. The van der Waals surface area contributed by atoms with E-state index in [1.807, 2.05) is 26.0 Å². The van der Waals surface area contributed by atoms with Gasteiger partial charge in [-0.05, 0) is 118 Å². The summed E-state index contributed by atoms with van der Waals surface area (Å²) in [6, 6.07) is 11.3. The molecule has 0 fully saturated rings. The molecule has 0 aliphatic carbocycles. The number of aromatic hydroxyl groups is 1. The molecule has 0 saturated carbocycles. The van der Waals surface area contributed by atoms with Crippen molar-refractivity contribution in [3.63, 3.8) is 0 Å². The Morgan fingerprint density at radius 2 is 1.40 bits per heavy atom. The summed E-state index contributed by atoms with van der Waals surface area (Å²) in [4.78, 5) is 46.6. The third-order valence-corrected chi connectivity index (χ3v) is 6.60. The van der Waals surface area contributed by atoms with Crippen molar-refractivity contribution in [2.75, 3.05) is 20.3 Å². The third-order valence-electron chi connectivity index (χ3n) is 6.60. The highest BCUT2D eigenvalue weighted by molar-refractivity contribution is 5.97. The Morgan fingerprint density at radius 1 is 0.814 bits per heavy atom. The average molecular weight is 591 g/mol. The normalized spacial score (nSPS) is 10.1. The third kappa shape index (κ3) is 10.1. The number of benzene rings is 3. The number of hydrogen-bond acceptors (Lipinski definition) is 9. The molecule has 3 aromatic rings. The van der Waals surface area contributed by atoms with Crippen LogP contribution in [-0.2, 0) is 14.3 Å². The number of carbonyl (C=O) groups excluding carboxylic acids is 4. The second-order valence-electron chi connectivity index (χ2n) is 9.82. The van der Waals surface area contributed by atoms with E-state index in [-0.39, 0.29) is 35.8 Å². The van der Waals surface area contributed by atoms with Gasteiger partial charge in [-0.2, -0.15) is 0 Å². The maximum absolute atomic E-state index is 12.6. The van der Waals surface area contributed by atoms with Crippen LogP contribution >= 0.6 is 0 Å². The highest BCUT2D eigenvalue weighted by Gasteiger charge is 2.20. The maximum Gasteiger partial charge on any atom is 0.343 e. The number of ether oxygens (including phenoxy) is 4. The zero-order valence-electron chi connectivity index (χ0n) is 25.4. The van der Waals surface area contributed by atoms with Crippen molar-refractivity contribution in [2.24, 2.45) is 0 Å². The lowest BCUT2D eigenvalue weighted by Crippen LogP contribution is -2.14. The quantitative estimate of drug-likeness (QED) is 0.0897. The van der Waals surface area contributed by atoms with Gasteiger partial charge in [-0.15, -0.1) is 0 Å². The first kappa shape index (κ1) is 34.3. The number of aldehydes is 1. The Balaban J connectivity index is 0.000000490. The first-order chi connectivity index (χ1) is 20.4. The van der Waals surface area contributed by atoms with Crippen molar-refractivity contribution >= 4 is 24.2 Å². The SMILES string of the molecule is C=CC(=O)OCCCCOC(=O)c1cc(OC)ccc1OC(=O)c1cc(C)c(O)c(C)c1.Cc1cc(C=O)cc(C)c1C. The number of rotatable bonds is 11. The lowest BCUT2D eigenvalue weighted by molar-refractivity contribution is -0.137. The molecule has 0 bridgehead atoms. The molecule has 0 amide bonds. The van der Waals surface area contributed by atoms with E-state index < -0.39 is 17.9 Å². The van der Waals surface area contributed by atoms with Gasteiger partial charge < -0.3 is 24.1 Å². The van der Waals surface area contributed by atoms with Crippen molar-refractivity contribution in [3.8, 4) is 17.2 Å². The van der Waals surface area contributed by atoms with Crippen LogP contribution in [0, 0.1) is 34.6 Å². The van der Waals surface area contributed by atoms with Crippen LogP contribution in [-0.4, -0.2) is 49.6 Å². The van der Waals surface area contributed by atoms with Crippen LogP contribution in [0.3, 0.4) is 0 Å². The molecule has 0 aliphatic rings. The minimum absolute atomic E-state index is 0.0177. The van der Waals surface area contributed by atoms with Gasteiger partial charge in [0, 0.05) is 11.6 Å². The highest BCUT2D eigenvalue weighted by atomic mass is 16.6. The molecule has 43 heavy (non-hydrogen) atoms. The zero-order chi connectivity index (χ0) is 32.1. The van der Waals surface area contributed by atoms with Crippen LogP contribution in [0.25, 0.3) is 0 Å². The molecule has 3 aromatic carbocycles. The number of phenolic OH excluding ortho intramolecular Hbond substituents is 1. The zero-order valence-corrected chi connectivity index (χ0v) is 25.4. The lowest BCUT2D eigenvalue weighted by Gasteiger charge is -2.13. The van der Waals surface area contributed by atoms with Crippen molar-refractivity contribution < 1.29 is 43.2 Å². The molecule has 9 heteroatoms. The molecule has 9 nitrogen and oxygen atoms in total. The van der Waals surface area contributed by atoms with Crippen LogP contribution in [0.1, 0.15) is 71.7 Å². The van der Waals surface area contributed by atoms with Crippen LogP contribution in [0.2, 0.25) is 0 Å². The van der Waals surface area contributed by atoms with E-state index in [1.54, 1.807) is 19.9 Å². The predicted molar refractivity (Wildman–Crippen MR) is 162 cm³/mol. The standard InChI is InChI=1S/C24H26O8.C10H12O/c1-5-21(25)30-10-6-7-11-31-24(28)19-14-18(29-4)8-9-20(19)32-23(27)17-12-15(2)22(26)16(3)13-17;1-7-4-10(6-11)5-8(2)9(7)3/h5,8-9,12-14,26H,1,6-7,10-11H2,2-4H3;4-6H,1-3H3. The molecular formula is C34H38O9. The number of hydrogen-bond donors (Lipinski definition) is 1. The van der Waals surface area contributed by atoms with Gasteiger partial charge in [0.15, 0.2) is 0 Å². The van der Waals surface area contributed by atoms with Crippen LogP contribution in [0.4, 0.5) is 0 Å². The van der Waals surface area contributed by atoms with Crippen molar-refractivity contribution in [1.29, 1.82) is 0 Å². The molecule has 0 spiro atoms. The largest absolute Gasteiger partial charge is 0.507 e. The Kier molecular flexibility index (Phi) is 13.2. The molecule has 228 valence electrons. The van der Waals surface area contributed by atoms with E-state index >= 15 is 0 Å². The number of methoxy groups -OCH3 is 1. The van der Waals surface area contributed by atoms with E-state index in [1.165, 1.54) is 48.1 Å². The molecule has 0 unspecified atom stereocenters. The Labute approximate surface area is 252 Å². The van der Waals surface area contributed by atoms with Gasteiger partial charge in [-0.1, -0.05) is 6.58 Å². The molecule has 0 atom stereocenters. The van der Waals surface area contributed by atoms with E-state index in [2.05, 4.69) is 13.5 Å². The first-order valence-corrected chi connectivity index (χ1v) is 13.6. The smallest absolute Gasteiger partial charge is 0.343 e. The predicted octanol–water partition coefficient (Wildman–Crippen LogP) is 6.33. The molecule has 1 N–H and O–H groups in total. The fraction of sp³-hybridized carbons (Fsp3) is 0.294. The van der Waals surface area contributed by atoms with Gasteiger partial charge in [-0.3, -0.25) is 4.79 Å². The summed E-state index contributed by atoms with van der Waals surface area (Å²) in [6.45, 7) is 13.0. The van der Waals surface area contributed by atoms with Gasteiger partial charge in [0.1, 0.15) is 29.1 Å². The van der Waals surface area contributed by atoms with Crippen molar-refractivity contribution in [1.82, 2.24) is 0 Å². The molecular weight excluding hydrogens is 552 g/mol. The molecule has 0 saturated heterocycles. The second-order valence-corrected chi connectivity index (χ2v) is 9.82. The van der Waals surface area contributed by atoms with E-state index in [0.29, 0.717) is 29.7 Å². The summed E-state index contributed by atoms with van der Waals surface area (Å²) in [5.74, 6) is -1.36. The average Bonchev–Trinajstić information content (AvgIpc) is 2.99. The van der Waals surface area contributed by atoms with Crippen molar-refractivity contribution in [2.45, 2.75) is 47.5 Å². The fourth-order valence-electron chi connectivity index (χ4n) is 3.93. The van der Waals surface area contributed by atoms with Gasteiger partial charge in [0.25, 0.3) is 0 Å². The number of phenols is 1. The molecule has 3 rings (SSSR count). The van der Waals surface area contributed by atoms with E-state index in [9.17, 15) is 24.3 Å². The van der Waals surface area contributed by atoms with E-state index in [4.69, 9.17) is 18.9 Å². The number of carbonyl (C=O) groups is 4. The topological polar surface area (TPSA) is 125 Å². The Hall–Kier alpha value is -4.92. The summed E-state index contributed by atoms with van der Waals surface area (Å²) < 4.78 is 20.7. The summed E-state index contributed by atoms with van der Waals surface area (Å²) in [5.41, 5.74) is 5.75. The monoisotopic (exact) mass is 590 g/mol. The van der Waals surface area contributed by atoms with Gasteiger partial charge >= 0.3 is 17.9 Å². The lowest BCUT2D eigenvalue weighted by atomic mass is 10.0. The number of esters is 3. The Bertz CT molecular complexity index is 1440. The minimum atomic E-state index is -0.687. The summed E-state index contributed by atoms with van der Waals surface area (Å²) in [6.07, 6.45) is 2.94. The van der Waals surface area contributed by atoms with Gasteiger partial charge in [0.2, 0.25) is 0 Å².